The molecule has 0 amide bonds. The van der Waals surface area contributed by atoms with E-state index in [0.717, 1.165) is 20.5 Å². The van der Waals surface area contributed by atoms with Gasteiger partial charge in [-0.3, -0.25) is 4.98 Å². The molecule has 0 aliphatic carbocycles. The molecule has 2 aromatic heterocycles. The Kier molecular flexibility index (Phi) is 4.92. The summed E-state index contributed by atoms with van der Waals surface area (Å²) in [5.41, 5.74) is 2.50. The molecule has 0 saturated carbocycles. The Hall–Kier alpha value is -1.93. The highest BCUT2D eigenvalue weighted by Gasteiger charge is 2.08. The molecule has 0 bridgehead atoms. The number of nitrogens with zero attached hydrogens (tertiary/aromatic N) is 3. The summed E-state index contributed by atoms with van der Waals surface area (Å²) in [7, 11) is 1.78. The Labute approximate surface area is 152 Å². The van der Waals surface area contributed by atoms with Crippen molar-refractivity contribution in [2.75, 3.05) is 17.7 Å². The number of anilines is 3. The van der Waals surface area contributed by atoms with Crippen LogP contribution in [-0.2, 0) is 0 Å². The summed E-state index contributed by atoms with van der Waals surface area (Å²) in [5.74, 6) is 1.18. The monoisotopic (exact) mass is 437 g/mol. The van der Waals surface area contributed by atoms with Gasteiger partial charge in [0.2, 0.25) is 5.95 Å². The van der Waals surface area contributed by atoms with Gasteiger partial charge in [-0.25, -0.2) is 4.98 Å². The van der Waals surface area contributed by atoms with E-state index in [1.807, 2.05) is 36.4 Å². The summed E-state index contributed by atoms with van der Waals surface area (Å²) in [6.07, 6.45) is 3.50. The van der Waals surface area contributed by atoms with Gasteiger partial charge in [0.1, 0.15) is 5.82 Å². The minimum Gasteiger partial charge on any atom is -0.357 e. The first-order valence-corrected chi connectivity index (χ1v) is 8.30. The fourth-order valence-electron chi connectivity index (χ4n) is 2.01. The lowest BCUT2D eigenvalue weighted by Gasteiger charge is -2.11. The van der Waals surface area contributed by atoms with Gasteiger partial charge in [0.05, 0.1) is 16.4 Å². The molecule has 0 atom stereocenters. The summed E-state index contributed by atoms with van der Waals surface area (Å²) in [6, 6.07) is 11.5. The van der Waals surface area contributed by atoms with E-state index in [9.17, 15) is 0 Å². The number of pyridine rings is 1. The predicted octanol–water partition coefficient (Wildman–Crippen LogP) is 4.58. The predicted molar refractivity (Wildman–Crippen MR) is 102 cm³/mol. The normalized spacial score (nSPS) is 10.4. The van der Waals surface area contributed by atoms with Crippen LogP contribution in [0.3, 0.4) is 0 Å². The second-order valence-electron chi connectivity index (χ2n) is 4.70. The SMILES string of the molecule is CNc1nc(Nc2ccc(I)cc2Cl)cc(-c2cccnc2)n1. The summed E-state index contributed by atoms with van der Waals surface area (Å²) >= 11 is 8.50. The molecular formula is C16H13ClIN5. The highest BCUT2D eigenvalue weighted by molar-refractivity contribution is 14.1. The summed E-state index contributed by atoms with van der Waals surface area (Å²) in [5, 5.41) is 6.85. The van der Waals surface area contributed by atoms with Crippen LogP contribution in [0.5, 0.6) is 0 Å². The van der Waals surface area contributed by atoms with Crippen LogP contribution in [0.15, 0.2) is 48.8 Å². The van der Waals surface area contributed by atoms with E-state index in [1.54, 1.807) is 19.4 Å². The topological polar surface area (TPSA) is 62.7 Å². The zero-order valence-electron chi connectivity index (χ0n) is 12.2. The first kappa shape index (κ1) is 15.9. The van der Waals surface area contributed by atoms with Crippen LogP contribution in [0.2, 0.25) is 5.02 Å². The molecule has 0 spiro atoms. The van der Waals surface area contributed by atoms with E-state index in [2.05, 4.69) is 48.2 Å². The average Bonchev–Trinajstić information content (AvgIpc) is 2.58. The summed E-state index contributed by atoms with van der Waals surface area (Å²) < 4.78 is 1.08. The molecule has 2 N–H and O–H groups in total. The van der Waals surface area contributed by atoms with Crippen LogP contribution in [0.4, 0.5) is 17.5 Å². The van der Waals surface area contributed by atoms with Crippen LogP contribution < -0.4 is 10.6 Å². The maximum Gasteiger partial charge on any atom is 0.224 e. The van der Waals surface area contributed by atoms with Gasteiger partial charge >= 0.3 is 0 Å². The Bertz CT molecular complexity index is 826. The van der Waals surface area contributed by atoms with E-state index >= 15 is 0 Å². The molecule has 0 aliphatic rings. The van der Waals surface area contributed by atoms with E-state index in [0.29, 0.717) is 16.8 Å². The van der Waals surface area contributed by atoms with Crippen molar-refractivity contribution in [2.24, 2.45) is 0 Å². The molecule has 1 aromatic carbocycles. The summed E-state index contributed by atoms with van der Waals surface area (Å²) in [4.78, 5) is 13.0. The zero-order chi connectivity index (χ0) is 16.2. The summed E-state index contributed by atoms with van der Waals surface area (Å²) in [6.45, 7) is 0. The standard InChI is InChI=1S/C16H13ClIN5/c1-19-16-22-14(10-3-2-6-20-9-10)8-15(23-16)21-13-5-4-11(18)7-12(13)17/h2-9H,1H3,(H2,19,21,22,23). The van der Waals surface area contributed by atoms with Gasteiger partial charge in [-0.05, 0) is 52.9 Å². The Morgan fingerprint density at radius 3 is 2.70 bits per heavy atom. The van der Waals surface area contributed by atoms with Gasteiger partial charge in [0.25, 0.3) is 0 Å². The fraction of sp³-hybridized carbons (Fsp3) is 0.0625. The third-order valence-corrected chi connectivity index (χ3v) is 4.08. The Morgan fingerprint density at radius 1 is 1.13 bits per heavy atom. The van der Waals surface area contributed by atoms with Crippen LogP contribution in [0.25, 0.3) is 11.3 Å². The van der Waals surface area contributed by atoms with E-state index in [4.69, 9.17) is 11.6 Å². The molecule has 3 aromatic rings. The number of nitrogens with one attached hydrogen (secondary N) is 2. The fourth-order valence-corrected chi connectivity index (χ4v) is 2.92. The lowest BCUT2D eigenvalue weighted by Crippen LogP contribution is -2.02. The maximum atomic E-state index is 6.27. The number of halogens is 2. The molecule has 0 saturated heterocycles. The van der Waals surface area contributed by atoms with E-state index in [1.165, 1.54) is 0 Å². The number of aromatic nitrogens is 3. The van der Waals surface area contributed by atoms with E-state index in [-0.39, 0.29) is 0 Å². The van der Waals surface area contributed by atoms with Crippen molar-refractivity contribution in [3.63, 3.8) is 0 Å². The smallest absolute Gasteiger partial charge is 0.224 e. The van der Waals surface area contributed by atoms with E-state index < -0.39 is 0 Å². The van der Waals surface area contributed by atoms with Gasteiger partial charge in [0.15, 0.2) is 0 Å². The quantitative estimate of drug-likeness (QED) is 0.585. The average molecular weight is 438 g/mol. The molecular weight excluding hydrogens is 425 g/mol. The molecule has 116 valence electrons. The number of hydrogen-bond acceptors (Lipinski definition) is 5. The largest absolute Gasteiger partial charge is 0.357 e. The second-order valence-corrected chi connectivity index (χ2v) is 6.36. The molecule has 2 heterocycles. The molecule has 0 unspecified atom stereocenters. The molecule has 3 rings (SSSR count). The highest BCUT2D eigenvalue weighted by Crippen LogP contribution is 2.28. The van der Waals surface area contributed by atoms with Crippen molar-refractivity contribution in [2.45, 2.75) is 0 Å². The van der Waals surface area contributed by atoms with Crippen molar-refractivity contribution >= 4 is 51.6 Å². The third kappa shape index (κ3) is 3.89. The number of rotatable bonds is 4. The first-order chi connectivity index (χ1) is 11.2. The molecule has 0 aliphatic heterocycles. The van der Waals surface area contributed by atoms with Crippen molar-refractivity contribution in [3.8, 4) is 11.3 Å². The lowest BCUT2D eigenvalue weighted by molar-refractivity contribution is 1.15. The molecule has 5 nitrogen and oxygen atoms in total. The van der Waals surface area contributed by atoms with Gasteiger partial charge in [-0.15, -0.1) is 0 Å². The first-order valence-electron chi connectivity index (χ1n) is 6.85. The Morgan fingerprint density at radius 2 is 2.00 bits per heavy atom. The van der Waals surface area contributed by atoms with Gasteiger partial charge in [0, 0.05) is 34.6 Å². The zero-order valence-corrected chi connectivity index (χ0v) is 15.1. The van der Waals surface area contributed by atoms with Crippen molar-refractivity contribution in [1.82, 2.24) is 15.0 Å². The number of hydrogen-bond donors (Lipinski definition) is 2. The van der Waals surface area contributed by atoms with Crippen LogP contribution in [0, 0.1) is 3.57 Å². The molecule has 0 fully saturated rings. The molecule has 7 heteroatoms. The van der Waals surface area contributed by atoms with Gasteiger partial charge in [-0.2, -0.15) is 4.98 Å². The lowest BCUT2D eigenvalue weighted by atomic mass is 10.2. The highest BCUT2D eigenvalue weighted by atomic mass is 127. The van der Waals surface area contributed by atoms with Crippen LogP contribution in [0.1, 0.15) is 0 Å². The van der Waals surface area contributed by atoms with Crippen LogP contribution in [-0.4, -0.2) is 22.0 Å². The second kappa shape index (κ2) is 7.10. The van der Waals surface area contributed by atoms with Crippen molar-refractivity contribution in [3.05, 3.63) is 57.4 Å². The van der Waals surface area contributed by atoms with Crippen molar-refractivity contribution in [1.29, 1.82) is 0 Å². The molecule has 23 heavy (non-hydrogen) atoms. The third-order valence-electron chi connectivity index (χ3n) is 3.10. The van der Waals surface area contributed by atoms with Gasteiger partial charge < -0.3 is 10.6 Å². The van der Waals surface area contributed by atoms with Crippen LogP contribution >= 0.6 is 34.2 Å². The van der Waals surface area contributed by atoms with Gasteiger partial charge in [-0.1, -0.05) is 11.6 Å². The minimum absolute atomic E-state index is 0.524. The number of benzene rings is 1. The maximum absolute atomic E-state index is 6.27. The minimum atomic E-state index is 0.524. The Balaban J connectivity index is 1.99. The van der Waals surface area contributed by atoms with Crippen molar-refractivity contribution < 1.29 is 0 Å². The molecule has 0 radical (unpaired) electrons.